The van der Waals surface area contributed by atoms with E-state index >= 15 is 0 Å². The molecular weight excluding hydrogens is 393 g/mol. The first-order valence-electron chi connectivity index (χ1n) is 7.74. The van der Waals surface area contributed by atoms with E-state index in [0.29, 0.717) is 16.4 Å². The highest BCUT2D eigenvalue weighted by Gasteiger charge is 2.20. The molecule has 8 nitrogen and oxygen atoms in total. The minimum absolute atomic E-state index is 0.285. The van der Waals surface area contributed by atoms with Crippen LogP contribution in [0.5, 0.6) is 0 Å². The minimum Gasteiger partial charge on any atom is -0.449 e. The Balaban J connectivity index is 1.62. The van der Waals surface area contributed by atoms with Gasteiger partial charge in [0.1, 0.15) is 6.33 Å². The van der Waals surface area contributed by atoms with Crippen LogP contribution in [0, 0.1) is 0 Å². The molecule has 1 amide bonds. The molecule has 0 spiro atoms. The monoisotopic (exact) mass is 405 g/mol. The van der Waals surface area contributed by atoms with Gasteiger partial charge in [-0.3, -0.25) is 4.79 Å². The van der Waals surface area contributed by atoms with E-state index in [1.54, 1.807) is 36.4 Å². The van der Waals surface area contributed by atoms with Crippen LogP contribution in [-0.2, 0) is 9.53 Å². The van der Waals surface area contributed by atoms with Crippen LogP contribution in [0.4, 0.5) is 5.69 Å². The minimum atomic E-state index is -1.02. The maximum Gasteiger partial charge on any atom is 0.338 e. The Bertz CT molecular complexity index is 961. The zero-order chi connectivity index (χ0) is 19.4. The molecule has 0 aliphatic heterocycles. The largest absolute Gasteiger partial charge is 0.449 e. The topological polar surface area (TPSA) is 99.0 Å². The van der Waals surface area contributed by atoms with Gasteiger partial charge in [0.15, 0.2) is 6.10 Å². The Kier molecular flexibility index (Phi) is 5.68. The Morgan fingerprint density at radius 2 is 1.89 bits per heavy atom. The smallest absolute Gasteiger partial charge is 0.338 e. The number of amides is 1. The fourth-order valence-corrected chi connectivity index (χ4v) is 2.59. The van der Waals surface area contributed by atoms with Crippen LogP contribution in [0.25, 0.3) is 5.69 Å². The molecule has 3 rings (SSSR count). The number of hydrogen-bond donors (Lipinski definition) is 1. The summed E-state index contributed by atoms with van der Waals surface area (Å²) in [5.41, 5.74) is 1.34. The summed E-state index contributed by atoms with van der Waals surface area (Å²) in [6.07, 6.45) is 0.408. The molecule has 0 saturated carbocycles. The third-order valence-electron chi connectivity index (χ3n) is 3.56. The lowest BCUT2D eigenvalue weighted by Crippen LogP contribution is -2.30. The molecule has 0 aliphatic rings. The molecular formula is C17H13Cl2N5O3. The Labute approximate surface area is 164 Å². The van der Waals surface area contributed by atoms with Crippen molar-refractivity contribution in [2.45, 2.75) is 13.0 Å². The van der Waals surface area contributed by atoms with E-state index in [1.807, 2.05) is 0 Å². The summed E-state index contributed by atoms with van der Waals surface area (Å²) in [5.74, 6) is -1.15. The molecule has 0 fully saturated rings. The first-order valence-corrected chi connectivity index (χ1v) is 8.50. The highest BCUT2D eigenvalue weighted by molar-refractivity contribution is 6.36. The molecule has 1 N–H and O–H groups in total. The van der Waals surface area contributed by atoms with E-state index in [9.17, 15) is 9.59 Å². The SMILES string of the molecule is C[C@H](OC(=O)c1ccc(-n2cnnn2)cc1)C(=O)Nc1ccc(Cl)cc1Cl. The zero-order valence-electron chi connectivity index (χ0n) is 14.0. The lowest BCUT2D eigenvalue weighted by Gasteiger charge is -2.14. The number of benzene rings is 2. The lowest BCUT2D eigenvalue weighted by molar-refractivity contribution is -0.123. The Morgan fingerprint density at radius 1 is 1.15 bits per heavy atom. The maximum atomic E-state index is 12.2. The summed E-state index contributed by atoms with van der Waals surface area (Å²) in [6, 6.07) is 11.1. The number of ether oxygens (including phenoxy) is 1. The van der Waals surface area contributed by atoms with Crippen LogP contribution in [0.15, 0.2) is 48.8 Å². The van der Waals surface area contributed by atoms with Gasteiger partial charge in [-0.15, -0.1) is 5.10 Å². The molecule has 1 heterocycles. The van der Waals surface area contributed by atoms with Gasteiger partial charge in [0, 0.05) is 5.02 Å². The van der Waals surface area contributed by atoms with Gasteiger partial charge in [-0.1, -0.05) is 23.2 Å². The van der Waals surface area contributed by atoms with Crippen molar-refractivity contribution in [1.29, 1.82) is 0 Å². The van der Waals surface area contributed by atoms with Crippen LogP contribution < -0.4 is 5.32 Å². The maximum absolute atomic E-state index is 12.2. The molecule has 138 valence electrons. The Morgan fingerprint density at radius 3 is 2.52 bits per heavy atom. The number of rotatable bonds is 5. The molecule has 1 atom stereocenters. The molecule has 10 heteroatoms. The standard InChI is InChI=1S/C17H13Cl2N5O3/c1-10(16(25)21-15-7-4-12(18)8-14(15)19)27-17(26)11-2-5-13(6-3-11)24-9-20-22-23-24/h2-10H,1H3,(H,21,25)/t10-/m0/s1. The molecule has 0 unspecified atom stereocenters. The molecule has 0 radical (unpaired) electrons. The van der Waals surface area contributed by atoms with E-state index in [1.165, 1.54) is 24.0 Å². The number of carbonyl (C=O) groups excluding carboxylic acids is 2. The number of tetrazole rings is 1. The van der Waals surface area contributed by atoms with Crippen LogP contribution in [-0.4, -0.2) is 38.2 Å². The lowest BCUT2D eigenvalue weighted by atomic mass is 10.2. The van der Waals surface area contributed by atoms with Crippen molar-refractivity contribution in [3.63, 3.8) is 0 Å². The van der Waals surface area contributed by atoms with E-state index in [2.05, 4.69) is 20.8 Å². The van der Waals surface area contributed by atoms with Gasteiger partial charge in [0.05, 0.1) is 22.0 Å². The normalized spacial score (nSPS) is 11.7. The number of anilines is 1. The van der Waals surface area contributed by atoms with Crippen molar-refractivity contribution in [2.24, 2.45) is 0 Å². The average molecular weight is 406 g/mol. The van der Waals surface area contributed by atoms with Gasteiger partial charge in [0.2, 0.25) is 0 Å². The fourth-order valence-electron chi connectivity index (χ4n) is 2.14. The predicted octanol–water partition coefficient (Wildman–Crippen LogP) is 3.15. The number of halogens is 2. The average Bonchev–Trinajstić information content (AvgIpc) is 3.18. The molecule has 0 aliphatic carbocycles. The number of nitrogens with one attached hydrogen (secondary N) is 1. The van der Waals surface area contributed by atoms with Gasteiger partial charge in [-0.25, -0.2) is 9.48 Å². The van der Waals surface area contributed by atoms with Crippen molar-refractivity contribution >= 4 is 40.8 Å². The van der Waals surface area contributed by atoms with Gasteiger partial charge in [0.25, 0.3) is 5.91 Å². The summed E-state index contributed by atoms with van der Waals surface area (Å²) in [5, 5.41) is 14.2. The molecule has 0 saturated heterocycles. The van der Waals surface area contributed by atoms with E-state index in [4.69, 9.17) is 27.9 Å². The third kappa shape index (κ3) is 4.60. The summed E-state index contributed by atoms with van der Waals surface area (Å²) in [6.45, 7) is 1.46. The first kappa shape index (κ1) is 18.8. The van der Waals surface area contributed by atoms with Crippen molar-refractivity contribution in [2.75, 3.05) is 5.32 Å². The molecule has 27 heavy (non-hydrogen) atoms. The molecule has 2 aromatic carbocycles. The highest BCUT2D eigenvalue weighted by atomic mass is 35.5. The van der Waals surface area contributed by atoms with Crippen LogP contribution >= 0.6 is 23.2 Å². The molecule has 3 aromatic rings. The van der Waals surface area contributed by atoms with Gasteiger partial charge in [-0.2, -0.15) is 0 Å². The van der Waals surface area contributed by atoms with Crippen LogP contribution in [0.3, 0.4) is 0 Å². The summed E-state index contributed by atoms with van der Waals surface area (Å²) < 4.78 is 6.64. The number of esters is 1. The summed E-state index contributed by atoms with van der Waals surface area (Å²) >= 11 is 11.8. The second kappa shape index (κ2) is 8.15. The van der Waals surface area contributed by atoms with Crippen molar-refractivity contribution < 1.29 is 14.3 Å². The van der Waals surface area contributed by atoms with E-state index in [-0.39, 0.29) is 10.6 Å². The van der Waals surface area contributed by atoms with Gasteiger partial charge >= 0.3 is 5.97 Å². The predicted molar refractivity (Wildman–Crippen MR) is 99.1 cm³/mol. The Hall–Kier alpha value is -2.97. The van der Waals surface area contributed by atoms with Crippen LogP contribution in [0.2, 0.25) is 10.0 Å². The number of hydrogen-bond acceptors (Lipinski definition) is 6. The second-order valence-corrected chi connectivity index (χ2v) is 6.31. The van der Waals surface area contributed by atoms with Crippen molar-refractivity contribution in [3.8, 4) is 5.69 Å². The zero-order valence-corrected chi connectivity index (χ0v) is 15.5. The van der Waals surface area contributed by atoms with Crippen LogP contribution in [0.1, 0.15) is 17.3 Å². The second-order valence-electron chi connectivity index (χ2n) is 5.46. The highest BCUT2D eigenvalue weighted by Crippen LogP contribution is 2.25. The summed E-state index contributed by atoms with van der Waals surface area (Å²) in [4.78, 5) is 24.4. The van der Waals surface area contributed by atoms with E-state index in [0.717, 1.165) is 0 Å². The van der Waals surface area contributed by atoms with Crippen molar-refractivity contribution in [1.82, 2.24) is 20.2 Å². The number of nitrogens with zero attached hydrogens (tertiary/aromatic N) is 4. The van der Waals surface area contributed by atoms with E-state index < -0.39 is 18.0 Å². The first-order chi connectivity index (χ1) is 12.9. The summed E-state index contributed by atoms with van der Waals surface area (Å²) in [7, 11) is 0. The fraction of sp³-hybridized carbons (Fsp3) is 0.118. The van der Waals surface area contributed by atoms with Crippen molar-refractivity contribution in [3.05, 3.63) is 64.4 Å². The van der Waals surface area contributed by atoms with Gasteiger partial charge < -0.3 is 10.1 Å². The molecule has 1 aromatic heterocycles. The van der Waals surface area contributed by atoms with Gasteiger partial charge in [-0.05, 0) is 59.8 Å². The quantitative estimate of drug-likeness (QED) is 0.654. The third-order valence-corrected chi connectivity index (χ3v) is 4.11. The molecule has 0 bridgehead atoms. The number of carbonyl (C=O) groups is 2. The number of aromatic nitrogens is 4.